The molecule has 2 aromatic heterocycles. The molecule has 1 aliphatic heterocycles. The zero-order chi connectivity index (χ0) is 49.1. The smallest absolute Gasteiger partial charge is 0.330 e. The van der Waals surface area contributed by atoms with E-state index in [-0.39, 0.29) is 6.61 Å². The lowest BCUT2D eigenvalue weighted by molar-refractivity contribution is -0.138. The number of thiophene rings is 2. The van der Waals surface area contributed by atoms with E-state index < -0.39 is 5.97 Å². The summed E-state index contributed by atoms with van der Waals surface area (Å²) in [6.07, 6.45) is 7.16. The minimum absolute atomic E-state index is 0.233. The number of carbonyl (C=O) groups is 1. The number of anilines is 2. The van der Waals surface area contributed by atoms with Gasteiger partial charge in [0.1, 0.15) is 49.4 Å². The first-order valence-electron chi connectivity index (χ1n) is 23.4. The molecule has 0 saturated heterocycles. The molecular weight excluding hydrogens is 915 g/mol. The number of benzene rings is 3. The van der Waals surface area contributed by atoms with Crippen molar-refractivity contribution in [3.8, 4) is 27.0 Å². The van der Waals surface area contributed by atoms with Gasteiger partial charge < -0.3 is 52.4 Å². The van der Waals surface area contributed by atoms with E-state index in [4.69, 9.17) is 42.6 Å². The molecule has 15 heteroatoms. The predicted molar refractivity (Wildman–Crippen MR) is 282 cm³/mol. The number of likely N-dealkylation sites (N-methyl/N-ethyl adjacent to an activating group) is 1. The highest BCUT2D eigenvalue weighted by Crippen LogP contribution is 2.36. The number of esters is 1. The lowest BCUT2D eigenvalue weighted by Crippen LogP contribution is -2.33. The molecule has 0 unspecified atom stereocenters. The second kappa shape index (κ2) is 30.9. The summed E-state index contributed by atoms with van der Waals surface area (Å²) in [5, 5.41) is 0. The van der Waals surface area contributed by atoms with Gasteiger partial charge in [0.05, 0.1) is 70.7 Å². The Bertz CT molecular complexity index is 2360. The van der Waals surface area contributed by atoms with Crippen LogP contribution in [0.15, 0.2) is 96.5 Å². The normalized spacial score (nSPS) is 14.1. The molecule has 3 heterocycles. The monoisotopic (exact) mass is 983 g/mol. The third-order valence-corrected chi connectivity index (χ3v) is 12.8. The van der Waals surface area contributed by atoms with E-state index in [1.165, 1.54) is 6.08 Å². The third kappa shape index (κ3) is 18.7. The van der Waals surface area contributed by atoms with Crippen molar-refractivity contribution >= 4 is 64.1 Å². The molecule has 0 radical (unpaired) electrons. The highest BCUT2D eigenvalue weighted by atomic mass is 32.1. The first-order chi connectivity index (χ1) is 33.7. The first kappa shape index (κ1) is 54.4. The number of aliphatic imine (C=N–C) groups is 1. The van der Waals surface area contributed by atoms with Gasteiger partial charge in [-0.15, -0.1) is 22.7 Å². The SMILES string of the molecule is C=CC(=O)OCc1ccc(-c2ccc(/C=C/c3ccc(N4CCOc5cc(C)ccc5N=CCOCCOCCN(CC)c5ccc(C)cc5OCC4)c(OCCOC)c3)s2)s1.CCOCCOC. The number of carbonyl (C=O) groups excluding carboxylic acids is 1. The highest BCUT2D eigenvalue weighted by Gasteiger charge is 2.17. The van der Waals surface area contributed by atoms with Crippen LogP contribution in [0.3, 0.4) is 0 Å². The molecule has 1 aliphatic rings. The number of rotatable bonds is 16. The Kier molecular flexibility index (Phi) is 24.3. The van der Waals surface area contributed by atoms with Crippen molar-refractivity contribution in [1.29, 1.82) is 0 Å². The topological polar surface area (TPSA) is 119 Å². The van der Waals surface area contributed by atoms with E-state index in [0.29, 0.717) is 84.9 Å². The fourth-order valence-corrected chi connectivity index (χ4v) is 8.84. The number of fused-ring (bicyclic) bond motifs is 2. The van der Waals surface area contributed by atoms with Gasteiger partial charge in [0.25, 0.3) is 0 Å². The third-order valence-electron chi connectivity index (χ3n) is 10.5. The number of hydrogen-bond acceptors (Lipinski definition) is 15. The maximum atomic E-state index is 11.5. The molecule has 372 valence electrons. The van der Waals surface area contributed by atoms with Crippen molar-refractivity contribution in [3.63, 3.8) is 0 Å². The van der Waals surface area contributed by atoms with Crippen LogP contribution in [0.5, 0.6) is 17.2 Å². The highest BCUT2D eigenvalue weighted by molar-refractivity contribution is 7.22. The van der Waals surface area contributed by atoms with Crippen molar-refractivity contribution in [1.82, 2.24) is 0 Å². The molecule has 0 N–H and O–H groups in total. The van der Waals surface area contributed by atoms with E-state index in [9.17, 15) is 4.79 Å². The van der Waals surface area contributed by atoms with E-state index in [1.807, 2.05) is 38.1 Å². The molecule has 0 amide bonds. The zero-order valence-electron chi connectivity index (χ0n) is 41.1. The Morgan fingerprint density at radius 1 is 0.739 bits per heavy atom. The molecule has 0 bridgehead atoms. The number of aryl methyl sites for hydroxylation is 2. The average Bonchev–Trinajstić information content (AvgIpc) is 4.04. The van der Waals surface area contributed by atoms with Gasteiger partial charge in [-0.05, 0) is 111 Å². The zero-order valence-corrected chi connectivity index (χ0v) is 42.7. The average molecular weight is 984 g/mol. The summed E-state index contributed by atoms with van der Waals surface area (Å²) in [6.45, 7) is 20.3. The van der Waals surface area contributed by atoms with Crippen LogP contribution in [0, 0.1) is 13.8 Å². The summed E-state index contributed by atoms with van der Waals surface area (Å²) in [4.78, 5) is 25.1. The minimum Gasteiger partial charge on any atom is -0.490 e. The second-order valence-electron chi connectivity index (χ2n) is 15.6. The van der Waals surface area contributed by atoms with Gasteiger partial charge in [0.2, 0.25) is 0 Å². The van der Waals surface area contributed by atoms with Crippen LogP contribution in [-0.2, 0) is 39.8 Å². The molecular formula is C54H69N3O10S2. The van der Waals surface area contributed by atoms with Gasteiger partial charge in [-0.1, -0.05) is 30.9 Å². The summed E-state index contributed by atoms with van der Waals surface area (Å²) >= 11 is 3.31. The van der Waals surface area contributed by atoms with Crippen LogP contribution in [0.2, 0.25) is 0 Å². The van der Waals surface area contributed by atoms with E-state index in [0.717, 1.165) is 84.5 Å². The molecule has 5 aromatic rings. The Hall–Kier alpha value is -5.52. The van der Waals surface area contributed by atoms with Gasteiger partial charge in [0, 0.05) is 65.7 Å². The lowest BCUT2D eigenvalue weighted by atomic mass is 10.1. The van der Waals surface area contributed by atoms with Crippen molar-refractivity contribution in [2.24, 2.45) is 4.99 Å². The number of hydrogen-bond donors (Lipinski definition) is 0. The minimum atomic E-state index is -0.428. The number of ether oxygens (including phenoxy) is 9. The standard InChI is InChI=1S/C49H57N3O8S2.C5H12O2/c1-6-49(53)60-35-40-14-19-48(62-40)47-18-13-39(61-47)12-10-38-11-17-43(46(34-38)59-31-28-54-5)52-22-26-57-44-32-36(3)8-15-41(44)50-20-24-55-29-30-56-25-21-51(7-2)42-16-9-37(4)33-45(42)58-27-23-52;1-3-7-5-4-6-2/h6,8-20,32-34H,1,7,21-31,35H2,2-5H3;3-5H2,1-2H3/b12-10+,50-20?;. The molecule has 0 saturated carbocycles. The number of methoxy groups -OCH3 is 2. The lowest BCUT2D eigenvalue weighted by Gasteiger charge is -2.29. The molecule has 0 atom stereocenters. The van der Waals surface area contributed by atoms with E-state index >= 15 is 0 Å². The van der Waals surface area contributed by atoms with Crippen LogP contribution >= 0.6 is 22.7 Å². The fraction of sp³-hybridized carbons (Fsp3) is 0.407. The van der Waals surface area contributed by atoms with Gasteiger partial charge in [-0.25, -0.2) is 4.79 Å². The fourth-order valence-electron chi connectivity index (χ4n) is 6.92. The van der Waals surface area contributed by atoms with Crippen LogP contribution in [0.4, 0.5) is 17.1 Å². The Morgan fingerprint density at radius 2 is 1.45 bits per heavy atom. The first-order valence-corrected chi connectivity index (χ1v) is 25.0. The molecule has 3 aromatic carbocycles. The maximum absolute atomic E-state index is 11.5. The van der Waals surface area contributed by atoms with Gasteiger partial charge in [-0.3, -0.25) is 4.99 Å². The van der Waals surface area contributed by atoms with Gasteiger partial charge >= 0.3 is 5.97 Å². The summed E-state index contributed by atoms with van der Waals surface area (Å²) < 4.78 is 51.5. The van der Waals surface area contributed by atoms with Crippen molar-refractivity contribution in [3.05, 3.63) is 118 Å². The van der Waals surface area contributed by atoms with Crippen LogP contribution < -0.4 is 24.0 Å². The Morgan fingerprint density at radius 3 is 2.22 bits per heavy atom. The van der Waals surface area contributed by atoms with Gasteiger partial charge in [0.15, 0.2) is 0 Å². The van der Waals surface area contributed by atoms with Crippen molar-refractivity contribution < 1.29 is 47.4 Å². The molecule has 0 aliphatic carbocycles. The molecule has 13 nitrogen and oxygen atoms in total. The van der Waals surface area contributed by atoms with Crippen molar-refractivity contribution in [2.75, 3.05) is 123 Å². The summed E-state index contributed by atoms with van der Waals surface area (Å²) in [5.74, 6) is 1.85. The quantitative estimate of drug-likeness (QED) is 0.0532. The van der Waals surface area contributed by atoms with E-state index in [2.05, 4.69) is 102 Å². The molecule has 0 fully saturated rings. The largest absolute Gasteiger partial charge is 0.490 e. The number of nitrogens with zero attached hydrogens (tertiary/aromatic N) is 3. The summed E-state index contributed by atoms with van der Waals surface area (Å²) in [5.41, 5.74) is 5.90. The molecule has 6 rings (SSSR count). The second-order valence-corrected chi connectivity index (χ2v) is 17.9. The predicted octanol–water partition coefficient (Wildman–Crippen LogP) is 10.7. The Balaban J connectivity index is 0.00000118. The van der Waals surface area contributed by atoms with Gasteiger partial charge in [-0.2, -0.15) is 0 Å². The molecule has 0 spiro atoms. The summed E-state index contributed by atoms with van der Waals surface area (Å²) in [6, 6.07) is 26.9. The summed E-state index contributed by atoms with van der Waals surface area (Å²) in [7, 11) is 3.34. The molecule has 69 heavy (non-hydrogen) atoms. The van der Waals surface area contributed by atoms with E-state index in [1.54, 1.807) is 43.1 Å². The maximum Gasteiger partial charge on any atom is 0.330 e. The van der Waals surface area contributed by atoms with Crippen LogP contribution in [0.25, 0.3) is 21.9 Å². The Labute approximate surface area is 416 Å². The van der Waals surface area contributed by atoms with Crippen molar-refractivity contribution in [2.45, 2.75) is 34.3 Å². The van der Waals surface area contributed by atoms with Crippen LogP contribution in [0.1, 0.15) is 40.3 Å². The van der Waals surface area contributed by atoms with Crippen LogP contribution in [-0.4, -0.2) is 125 Å².